The van der Waals surface area contributed by atoms with Crippen molar-refractivity contribution in [1.82, 2.24) is 0 Å². The Balaban J connectivity index is 2.95. The van der Waals surface area contributed by atoms with E-state index in [9.17, 15) is 17.8 Å². The Morgan fingerprint density at radius 1 is 1.24 bits per heavy atom. The molecule has 21 heavy (non-hydrogen) atoms. The number of rotatable bonds is 9. The van der Waals surface area contributed by atoms with E-state index in [1.54, 1.807) is 0 Å². The van der Waals surface area contributed by atoms with Crippen LogP contribution in [-0.2, 0) is 21.3 Å². The fraction of sp³-hybridized carbons (Fsp3) is 0.533. The molecule has 0 amide bonds. The molecule has 0 bridgehead atoms. The molecule has 5 nitrogen and oxygen atoms in total. The molecule has 0 atom stereocenters. The molecule has 0 saturated heterocycles. The second kappa shape index (κ2) is 8.14. The molecule has 0 aliphatic carbocycles. The fourth-order valence-corrected chi connectivity index (χ4v) is 2.78. The lowest BCUT2D eigenvalue weighted by molar-refractivity contribution is -0.118. The minimum atomic E-state index is -4.34. The van der Waals surface area contributed by atoms with Gasteiger partial charge in [-0.25, -0.2) is 0 Å². The Kier molecular flexibility index (Phi) is 6.84. The van der Waals surface area contributed by atoms with Crippen molar-refractivity contribution in [2.45, 2.75) is 50.8 Å². The van der Waals surface area contributed by atoms with Crippen molar-refractivity contribution in [2.75, 3.05) is 6.61 Å². The monoisotopic (exact) mass is 314 g/mol. The largest absolute Gasteiger partial charge is 0.494 e. The molecule has 118 valence electrons. The lowest BCUT2D eigenvalue weighted by Gasteiger charge is -2.10. The van der Waals surface area contributed by atoms with Crippen LogP contribution in [-0.4, -0.2) is 25.4 Å². The summed E-state index contributed by atoms with van der Waals surface area (Å²) in [4.78, 5) is 11.7. The molecule has 1 aromatic carbocycles. The van der Waals surface area contributed by atoms with Crippen LogP contribution in [0.15, 0.2) is 23.1 Å². The topological polar surface area (TPSA) is 80.7 Å². The molecule has 0 saturated carbocycles. The zero-order valence-electron chi connectivity index (χ0n) is 12.5. The van der Waals surface area contributed by atoms with Gasteiger partial charge in [0.25, 0.3) is 10.1 Å². The summed E-state index contributed by atoms with van der Waals surface area (Å²) < 4.78 is 37.3. The van der Waals surface area contributed by atoms with Crippen molar-refractivity contribution in [3.8, 4) is 5.75 Å². The molecular weight excluding hydrogens is 292 g/mol. The van der Waals surface area contributed by atoms with Gasteiger partial charge in [0.05, 0.1) is 11.5 Å². The highest BCUT2D eigenvalue weighted by molar-refractivity contribution is 7.85. The molecule has 1 rings (SSSR count). The molecule has 0 aliphatic rings. The predicted molar refractivity (Wildman–Crippen MR) is 80.3 cm³/mol. The Bertz CT molecular complexity index is 578. The zero-order chi connectivity index (χ0) is 15.9. The highest BCUT2D eigenvalue weighted by Crippen LogP contribution is 2.23. The first-order valence-corrected chi connectivity index (χ1v) is 8.57. The van der Waals surface area contributed by atoms with Gasteiger partial charge in [0, 0.05) is 12.8 Å². The van der Waals surface area contributed by atoms with Crippen LogP contribution in [0.1, 0.15) is 45.1 Å². The van der Waals surface area contributed by atoms with Crippen LogP contribution in [0.2, 0.25) is 0 Å². The summed E-state index contributed by atoms with van der Waals surface area (Å²) in [5, 5.41) is 0. The van der Waals surface area contributed by atoms with Crippen LogP contribution in [0.3, 0.4) is 0 Å². The van der Waals surface area contributed by atoms with E-state index in [0.717, 1.165) is 19.3 Å². The summed E-state index contributed by atoms with van der Waals surface area (Å²) in [6.45, 7) is 4.30. The van der Waals surface area contributed by atoms with Crippen LogP contribution in [0, 0.1) is 0 Å². The highest BCUT2D eigenvalue weighted by atomic mass is 32.2. The van der Waals surface area contributed by atoms with E-state index < -0.39 is 10.1 Å². The molecule has 0 radical (unpaired) electrons. The van der Waals surface area contributed by atoms with Gasteiger partial charge in [0.2, 0.25) is 0 Å². The molecular formula is C15H22O5S. The average Bonchev–Trinajstić information content (AvgIpc) is 2.38. The molecule has 0 heterocycles. The summed E-state index contributed by atoms with van der Waals surface area (Å²) >= 11 is 0. The van der Waals surface area contributed by atoms with E-state index in [0.29, 0.717) is 18.8 Å². The summed E-state index contributed by atoms with van der Waals surface area (Å²) in [6, 6.07) is 4.25. The van der Waals surface area contributed by atoms with Crippen LogP contribution < -0.4 is 4.74 Å². The number of ether oxygens (including phenoxy) is 1. The first-order chi connectivity index (χ1) is 9.88. The summed E-state index contributed by atoms with van der Waals surface area (Å²) in [6.07, 6.45) is 3.18. The van der Waals surface area contributed by atoms with Crippen molar-refractivity contribution in [1.29, 1.82) is 0 Å². The average molecular weight is 314 g/mol. The van der Waals surface area contributed by atoms with Crippen molar-refractivity contribution >= 4 is 15.9 Å². The van der Waals surface area contributed by atoms with Gasteiger partial charge < -0.3 is 4.74 Å². The number of Topliss-reactive ketones (excluding diaryl/α,β-unsaturated/α-hetero) is 1. The van der Waals surface area contributed by atoms with Gasteiger partial charge in [-0.2, -0.15) is 8.42 Å². The minimum absolute atomic E-state index is 0.0141. The standard InChI is InChI=1S/C15H22O5S/c1-3-5-6-7-13(16)10-12-11-14(20-4-2)8-9-15(12)21(17,18)19/h8-9,11H,3-7,10H2,1-2H3,(H,17,18,19). The van der Waals surface area contributed by atoms with Crippen LogP contribution in [0.4, 0.5) is 0 Å². The predicted octanol–water partition coefficient (Wildman–Crippen LogP) is 3.02. The van der Waals surface area contributed by atoms with E-state index in [2.05, 4.69) is 0 Å². The quantitative estimate of drug-likeness (QED) is 0.560. The van der Waals surface area contributed by atoms with Gasteiger partial charge >= 0.3 is 0 Å². The summed E-state index contributed by atoms with van der Waals surface area (Å²) in [5.41, 5.74) is 0.282. The number of hydrogen-bond donors (Lipinski definition) is 1. The Hall–Kier alpha value is -1.40. The van der Waals surface area contributed by atoms with Gasteiger partial charge in [0.1, 0.15) is 11.5 Å². The zero-order valence-corrected chi connectivity index (χ0v) is 13.3. The molecule has 0 unspecified atom stereocenters. The third-order valence-corrected chi connectivity index (χ3v) is 4.02. The molecule has 0 aromatic heterocycles. The normalized spacial score (nSPS) is 11.4. The Labute approximate surface area is 126 Å². The van der Waals surface area contributed by atoms with E-state index >= 15 is 0 Å². The molecule has 0 spiro atoms. The maximum absolute atomic E-state index is 11.9. The first-order valence-electron chi connectivity index (χ1n) is 7.13. The van der Waals surface area contributed by atoms with Crippen molar-refractivity contribution in [3.05, 3.63) is 23.8 Å². The van der Waals surface area contributed by atoms with E-state index in [-0.39, 0.29) is 22.7 Å². The summed E-state index contributed by atoms with van der Waals surface area (Å²) in [5.74, 6) is 0.447. The van der Waals surface area contributed by atoms with Gasteiger partial charge in [-0.3, -0.25) is 9.35 Å². The molecule has 6 heteroatoms. The first kappa shape index (κ1) is 17.7. The summed E-state index contributed by atoms with van der Waals surface area (Å²) in [7, 11) is -4.34. The fourth-order valence-electron chi connectivity index (χ4n) is 2.08. The second-order valence-corrected chi connectivity index (χ2v) is 6.24. The van der Waals surface area contributed by atoms with Gasteiger partial charge in [-0.05, 0) is 37.1 Å². The maximum Gasteiger partial charge on any atom is 0.294 e. The van der Waals surface area contributed by atoms with Crippen molar-refractivity contribution < 1.29 is 22.5 Å². The maximum atomic E-state index is 11.9. The Morgan fingerprint density at radius 3 is 2.52 bits per heavy atom. The van der Waals surface area contributed by atoms with Crippen molar-refractivity contribution in [2.24, 2.45) is 0 Å². The lowest BCUT2D eigenvalue weighted by Crippen LogP contribution is -2.09. The van der Waals surface area contributed by atoms with Crippen LogP contribution in [0.5, 0.6) is 5.75 Å². The SMILES string of the molecule is CCCCCC(=O)Cc1cc(OCC)ccc1S(=O)(=O)O. The van der Waals surface area contributed by atoms with E-state index in [1.165, 1.54) is 18.2 Å². The van der Waals surface area contributed by atoms with Gasteiger partial charge in [0.15, 0.2) is 0 Å². The third-order valence-electron chi connectivity index (χ3n) is 3.07. The minimum Gasteiger partial charge on any atom is -0.494 e. The third kappa shape index (κ3) is 5.85. The van der Waals surface area contributed by atoms with Gasteiger partial charge in [-0.15, -0.1) is 0 Å². The second-order valence-electron chi connectivity index (χ2n) is 4.85. The smallest absolute Gasteiger partial charge is 0.294 e. The molecule has 0 aliphatic heterocycles. The lowest BCUT2D eigenvalue weighted by atomic mass is 10.0. The van der Waals surface area contributed by atoms with E-state index in [4.69, 9.17) is 4.74 Å². The molecule has 1 N–H and O–H groups in total. The van der Waals surface area contributed by atoms with Crippen molar-refractivity contribution in [3.63, 3.8) is 0 Å². The number of unbranched alkanes of at least 4 members (excludes halogenated alkanes) is 2. The number of hydrogen-bond acceptors (Lipinski definition) is 4. The number of benzene rings is 1. The van der Waals surface area contributed by atoms with Crippen LogP contribution in [0.25, 0.3) is 0 Å². The van der Waals surface area contributed by atoms with E-state index in [1.807, 2.05) is 13.8 Å². The van der Waals surface area contributed by atoms with Gasteiger partial charge in [-0.1, -0.05) is 19.8 Å². The number of ketones is 1. The van der Waals surface area contributed by atoms with Crippen LogP contribution >= 0.6 is 0 Å². The number of carbonyl (C=O) groups excluding carboxylic acids is 1. The number of carbonyl (C=O) groups is 1. The molecule has 0 fully saturated rings. The highest BCUT2D eigenvalue weighted by Gasteiger charge is 2.18. The molecule has 1 aromatic rings. The Morgan fingerprint density at radius 2 is 1.95 bits per heavy atom.